The Bertz CT molecular complexity index is 1470. The maximum Gasteiger partial charge on any atom is 0.363 e. The number of imide groups is 1. The van der Waals surface area contributed by atoms with Gasteiger partial charge in [-0.25, -0.2) is 10.3 Å². The zero-order valence-corrected chi connectivity index (χ0v) is 17.4. The molecular weight excluding hydrogens is 422 g/mol. The number of para-hydroxylation sites is 1. The Kier molecular flexibility index (Phi) is 4.75. The standard InChI is InChI=1S/C25H17N3O5/c1-28-15(13-29)11-19-20(28)12-18(21-22(19)24(31)26-23(21)30)16-9-5-6-10-17(16)25(32)33-27-14-7-3-2-4-8-14/h2-13,27H,1H3,(H,26,30,31). The molecule has 33 heavy (non-hydrogen) atoms. The number of nitrogens with zero attached hydrogens (tertiary/aromatic N) is 1. The molecule has 1 aliphatic rings. The summed E-state index contributed by atoms with van der Waals surface area (Å²) < 4.78 is 1.64. The van der Waals surface area contributed by atoms with Gasteiger partial charge in [0.15, 0.2) is 6.29 Å². The number of carbonyl (C=O) groups is 4. The molecule has 0 atom stereocenters. The largest absolute Gasteiger partial charge is 0.363 e. The van der Waals surface area contributed by atoms with Gasteiger partial charge < -0.3 is 9.40 Å². The van der Waals surface area contributed by atoms with Crippen molar-refractivity contribution in [3.8, 4) is 11.1 Å². The van der Waals surface area contributed by atoms with Crippen LogP contribution in [0.4, 0.5) is 5.69 Å². The van der Waals surface area contributed by atoms with E-state index >= 15 is 0 Å². The summed E-state index contributed by atoms with van der Waals surface area (Å²) >= 11 is 0. The summed E-state index contributed by atoms with van der Waals surface area (Å²) in [6.45, 7) is 0. The predicted octanol–water partition coefficient (Wildman–Crippen LogP) is 3.73. The summed E-state index contributed by atoms with van der Waals surface area (Å²) in [6, 6.07) is 18.9. The van der Waals surface area contributed by atoms with Crippen LogP contribution in [-0.2, 0) is 11.9 Å². The van der Waals surface area contributed by atoms with Gasteiger partial charge in [0.2, 0.25) is 0 Å². The van der Waals surface area contributed by atoms with E-state index in [0.717, 1.165) is 0 Å². The summed E-state index contributed by atoms with van der Waals surface area (Å²) in [4.78, 5) is 55.0. The molecule has 0 saturated heterocycles. The summed E-state index contributed by atoms with van der Waals surface area (Å²) in [7, 11) is 1.70. The molecule has 2 heterocycles. The fraction of sp³-hybridized carbons (Fsp3) is 0.0400. The van der Waals surface area contributed by atoms with E-state index in [1.165, 1.54) is 0 Å². The van der Waals surface area contributed by atoms with Crippen molar-refractivity contribution in [2.75, 3.05) is 5.48 Å². The van der Waals surface area contributed by atoms with Gasteiger partial charge in [0.05, 0.1) is 28.1 Å². The monoisotopic (exact) mass is 439 g/mol. The normalized spacial score (nSPS) is 12.4. The van der Waals surface area contributed by atoms with Gasteiger partial charge in [0, 0.05) is 18.0 Å². The summed E-state index contributed by atoms with van der Waals surface area (Å²) in [6.07, 6.45) is 0.682. The number of aryl methyl sites for hydroxylation is 1. The van der Waals surface area contributed by atoms with Crippen molar-refractivity contribution in [1.29, 1.82) is 0 Å². The van der Waals surface area contributed by atoms with Gasteiger partial charge in [-0.05, 0) is 41.5 Å². The number of amides is 2. The Balaban J connectivity index is 1.66. The highest BCUT2D eigenvalue weighted by molar-refractivity contribution is 6.29. The third kappa shape index (κ3) is 3.25. The summed E-state index contributed by atoms with van der Waals surface area (Å²) in [5.74, 6) is -1.77. The van der Waals surface area contributed by atoms with Gasteiger partial charge in [0.25, 0.3) is 11.8 Å². The number of benzene rings is 3. The number of carbonyl (C=O) groups excluding carboxylic acids is 4. The van der Waals surface area contributed by atoms with E-state index in [9.17, 15) is 19.2 Å². The van der Waals surface area contributed by atoms with Crippen LogP contribution in [0.1, 0.15) is 41.6 Å². The molecule has 0 fully saturated rings. The Labute approximate surface area is 187 Å². The molecule has 0 bridgehead atoms. The van der Waals surface area contributed by atoms with E-state index in [2.05, 4.69) is 10.8 Å². The van der Waals surface area contributed by atoms with Gasteiger partial charge >= 0.3 is 5.97 Å². The second-order valence-electron chi connectivity index (χ2n) is 7.54. The van der Waals surface area contributed by atoms with E-state index in [-0.39, 0.29) is 16.7 Å². The number of aromatic nitrogens is 1. The third-order valence-corrected chi connectivity index (χ3v) is 5.66. The SMILES string of the molecule is Cn1c(C=O)cc2c3c(c(-c4ccccc4C(=O)ONc4ccccc4)cc21)C(=O)NC3=O. The zero-order chi connectivity index (χ0) is 23.1. The van der Waals surface area contributed by atoms with E-state index in [4.69, 9.17) is 4.84 Å². The van der Waals surface area contributed by atoms with Crippen molar-refractivity contribution in [1.82, 2.24) is 9.88 Å². The lowest BCUT2D eigenvalue weighted by Crippen LogP contribution is -2.20. The van der Waals surface area contributed by atoms with Crippen molar-refractivity contribution in [3.05, 3.63) is 89.1 Å². The first-order chi connectivity index (χ1) is 16.0. The molecule has 2 N–H and O–H groups in total. The lowest BCUT2D eigenvalue weighted by molar-refractivity contribution is 0.0596. The fourth-order valence-electron chi connectivity index (χ4n) is 4.08. The first-order valence-electron chi connectivity index (χ1n) is 10.1. The van der Waals surface area contributed by atoms with E-state index in [0.29, 0.717) is 39.7 Å². The highest BCUT2D eigenvalue weighted by atomic mass is 16.7. The Morgan fingerprint density at radius 1 is 0.939 bits per heavy atom. The van der Waals surface area contributed by atoms with Crippen molar-refractivity contribution in [3.63, 3.8) is 0 Å². The predicted molar refractivity (Wildman–Crippen MR) is 121 cm³/mol. The zero-order valence-electron chi connectivity index (χ0n) is 17.4. The second-order valence-corrected chi connectivity index (χ2v) is 7.54. The number of fused-ring (bicyclic) bond motifs is 3. The highest BCUT2D eigenvalue weighted by Crippen LogP contribution is 2.38. The first-order valence-corrected chi connectivity index (χ1v) is 10.1. The Morgan fingerprint density at radius 2 is 1.64 bits per heavy atom. The van der Waals surface area contributed by atoms with Gasteiger partial charge in [-0.3, -0.25) is 19.7 Å². The number of hydrogen-bond donors (Lipinski definition) is 2. The minimum atomic E-state index is -0.659. The minimum absolute atomic E-state index is 0.159. The molecule has 2 amide bonds. The fourth-order valence-corrected chi connectivity index (χ4v) is 4.08. The van der Waals surface area contributed by atoms with Crippen LogP contribution in [0.3, 0.4) is 0 Å². The van der Waals surface area contributed by atoms with Gasteiger partial charge in [-0.15, -0.1) is 0 Å². The number of aldehydes is 1. The maximum atomic E-state index is 12.9. The highest BCUT2D eigenvalue weighted by Gasteiger charge is 2.34. The summed E-state index contributed by atoms with van der Waals surface area (Å²) in [5, 5.41) is 2.82. The molecule has 1 aliphatic heterocycles. The average Bonchev–Trinajstić information content (AvgIpc) is 3.32. The van der Waals surface area contributed by atoms with Crippen LogP contribution in [0.5, 0.6) is 0 Å². The van der Waals surface area contributed by atoms with Gasteiger partial charge in [-0.1, -0.05) is 36.4 Å². The van der Waals surface area contributed by atoms with Crippen molar-refractivity contribution in [2.45, 2.75) is 0 Å². The third-order valence-electron chi connectivity index (χ3n) is 5.66. The molecule has 0 unspecified atom stereocenters. The van der Waals surface area contributed by atoms with Crippen LogP contribution >= 0.6 is 0 Å². The van der Waals surface area contributed by atoms with Crippen LogP contribution < -0.4 is 10.8 Å². The molecule has 8 heteroatoms. The average molecular weight is 439 g/mol. The number of nitrogens with one attached hydrogen (secondary N) is 2. The van der Waals surface area contributed by atoms with Gasteiger partial charge in [0.1, 0.15) is 0 Å². The van der Waals surface area contributed by atoms with Crippen molar-refractivity contribution >= 4 is 40.7 Å². The first kappa shape index (κ1) is 20.2. The number of rotatable bonds is 5. The van der Waals surface area contributed by atoms with E-state index in [1.807, 2.05) is 6.07 Å². The molecular formula is C25H17N3O5. The lowest BCUT2D eigenvalue weighted by Gasteiger charge is -2.13. The Morgan fingerprint density at radius 3 is 2.39 bits per heavy atom. The van der Waals surface area contributed by atoms with Crippen molar-refractivity contribution in [2.24, 2.45) is 7.05 Å². The Hall–Kier alpha value is -4.72. The minimum Gasteiger partial charge on any atom is -0.341 e. The number of anilines is 1. The molecule has 8 nitrogen and oxygen atoms in total. The molecule has 5 rings (SSSR count). The molecule has 3 aromatic carbocycles. The summed E-state index contributed by atoms with van der Waals surface area (Å²) in [5.41, 5.74) is 5.52. The molecule has 0 aliphatic carbocycles. The molecule has 162 valence electrons. The quantitative estimate of drug-likeness (QED) is 0.279. The molecule has 0 saturated carbocycles. The van der Waals surface area contributed by atoms with E-state index < -0.39 is 17.8 Å². The van der Waals surface area contributed by atoms with Crippen LogP contribution in [0.25, 0.3) is 22.0 Å². The molecule has 0 radical (unpaired) electrons. The molecule has 1 aromatic heterocycles. The maximum absolute atomic E-state index is 12.9. The smallest absolute Gasteiger partial charge is 0.341 e. The van der Waals surface area contributed by atoms with Crippen LogP contribution in [-0.4, -0.2) is 28.6 Å². The van der Waals surface area contributed by atoms with Crippen LogP contribution in [0.15, 0.2) is 66.7 Å². The van der Waals surface area contributed by atoms with Crippen molar-refractivity contribution < 1.29 is 24.0 Å². The van der Waals surface area contributed by atoms with E-state index in [1.54, 1.807) is 72.3 Å². The van der Waals surface area contributed by atoms with Crippen LogP contribution in [0, 0.1) is 0 Å². The molecule has 4 aromatic rings. The topological polar surface area (TPSA) is 106 Å². The molecule has 0 spiro atoms. The van der Waals surface area contributed by atoms with Gasteiger partial charge in [-0.2, -0.15) is 0 Å². The second kappa shape index (κ2) is 7.76. The van der Waals surface area contributed by atoms with Crippen LogP contribution in [0.2, 0.25) is 0 Å². The number of hydrogen-bond acceptors (Lipinski definition) is 6. The lowest BCUT2D eigenvalue weighted by atomic mass is 9.91.